The fourth-order valence-electron chi connectivity index (χ4n) is 6.45. The van der Waals surface area contributed by atoms with Gasteiger partial charge < -0.3 is 5.32 Å². The molecule has 3 amide bonds. The van der Waals surface area contributed by atoms with Gasteiger partial charge in [-0.2, -0.15) is 0 Å². The number of hydrogen-bond acceptors (Lipinski definition) is 3. The standard InChI is InChI=1S/C23H31N3O3/c1-15(27)24-20(19-5-3-2-4-6-19)10-21(28)25-26-22(29)14-23-11-16-7-17(12-23)9-18(8-16)13-23/h2-6,16-18,20H,7-14H2,1H3,(H,24,27)(H,25,28)(H,26,29)/t16?,17?,18?,20-,23?/m0/s1. The molecule has 4 bridgehead atoms. The highest BCUT2D eigenvalue weighted by molar-refractivity contribution is 5.83. The minimum absolute atomic E-state index is 0.0707. The lowest BCUT2D eigenvalue weighted by Crippen LogP contribution is -2.50. The van der Waals surface area contributed by atoms with Crippen LogP contribution in [0.2, 0.25) is 0 Å². The van der Waals surface area contributed by atoms with Gasteiger partial charge in [-0.1, -0.05) is 30.3 Å². The van der Waals surface area contributed by atoms with E-state index in [1.54, 1.807) is 0 Å². The Bertz CT molecular complexity index is 742. The van der Waals surface area contributed by atoms with Crippen molar-refractivity contribution in [3.05, 3.63) is 35.9 Å². The van der Waals surface area contributed by atoms with Crippen LogP contribution in [0.3, 0.4) is 0 Å². The lowest BCUT2D eigenvalue weighted by atomic mass is 9.49. The molecule has 0 aromatic heterocycles. The molecule has 4 aliphatic carbocycles. The maximum absolute atomic E-state index is 12.6. The van der Waals surface area contributed by atoms with Gasteiger partial charge >= 0.3 is 0 Å². The minimum Gasteiger partial charge on any atom is -0.349 e. The number of hydrazine groups is 1. The van der Waals surface area contributed by atoms with Crippen molar-refractivity contribution >= 4 is 17.7 Å². The number of benzene rings is 1. The van der Waals surface area contributed by atoms with Gasteiger partial charge in [-0.25, -0.2) is 0 Å². The van der Waals surface area contributed by atoms with Crippen LogP contribution in [0.1, 0.15) is 69.9 Å². The molecule has 1 aromatic carbocycles. The van der Waals surface area contributed by atoms with E-state index in [1.165, 1.54) is 45.4 Å². The van der Waals surface area contributed by atoms with Crippen molar-refractivity contribution in [1.82, 2.24) is 16.2 Å². The highest BCUT2D eigenvalue weighted by Crippen LogP contribution is 2.61. The summed E-state index contributed by atoms with van der Waals surface area (Å²) in [7, 11) is 0. The van der Waals surface area contributed by atoms with E-state index in [-0.39, 0.29) is 29.6 Å². The Labute approximate surface area is 172 Å². The van der Waals surface area contributed by atoms with Gasteiger partial charge in [0, 0.05) is 13.3 Å². The molecule has 1 atom stereocenters. The summed E-state index contributed by atoms with van der Waals surface area (Å²) in [5.41, 5.74) is 6.17. The Morgan fingerprint density at radius 1 is 0.931 bits per heavy atom. The molecule has 4 aliphatic rings. The van der Waals surface area contributed by atoms with Gasteiger partial charge in [-0.15, -0.1) is 0 Å². The molecular weight excluding hydrogens is 366 g/mol. The molecule has 156 valence electrons. The molecule has 0 spiro atoms. The normalized spacial score (nSPS) is 30.4. The molecule has 29 heavy (non-hydrogen) atoms. The molecular formula is C23H31N3O3. The number of carbonyl (C=O) groups excluding carboxylic acids is 3. The molecule has 0 aliphatic heterocycles. The van der Waals surface area contributed by atoms with Crippen molar-refractivity contribution < 1.29 is 14.4 Å². The van der Waals surface area contributed by atoms with Crippen LogP contribution in [-0.2, 0) is 14.4 Å². The van der Waals surface area contributed by atoms with Gasteiger partial charge in [0.2, 0.25) is 17.7 Å². The van der Waals surface area contributed by atoms with Crippen molar-refractivity contribution in [3.63, 3.8) is 0 Å². The fraction of sp³-hybridized carbons (Fsp3) is 0.609. The predicted molar refractivity (Wildman–Crippen MR) is 109 cm³/mol. The molecule has 0 saturated heterocycles. The number of rotatable bonds is 6. The third kappa shape index (κ3) is 4.80. The van der Waals surface area contributed by atoms with E-state index in [0.29, 0.717) is 6.42 Å². The van der Waals surface area contributed by atoms with Crippen LogP contribution < -0.4 is 16.2 Å². The summed E-state index contributed by atoms with van der Waals surface area (Å²) in [6.07, 6.45) is 8.12. The number of nitrogens with one attached hydrogen (secondary N) is 3. The number of carbonyl (C=O) groups is 3. The quantitative estimate of drug-likeness (QED) is 0.645. The molecule has 5 rings (SSSR count). The summed E-state index contributed by atoms with van der Waals surface area (Å²) in [5, 5.41) is 2.81. The van der Waals surface area contributed by atoms with Crippen LogP contribution in [0.5, 0.6) is 0 Å². The van der Waals surface area contributed by atoms with Crippen LogP contribution in [-0.4, -0.2) is 17.7 Å². The van der Waals surface area contributed by atoms with Gasteiger partial charge in [0.05, 0.1) is 12.5 Å². The molecule has 6 nitrogen and oxygen atoms in total. The molecule has 4 fully saturated rings. The van der Waals surface area contributed by atoms with Crippen molar-refractivity contribution in [2.24, 2.45) is 23.2 Å². The van der Waals surface area contributed by atoms with Crippen LogP contribution in [0.4, 0.5) is 0 Å². The zero-order chi connectivity index (χ0) is 20.4. The molecule has 1 aromatic rings. The average molecular weight is 398 g/mol. The SMILES string of the molecule is CC(=O)N[C@@H](CC(=O)NNC(=O)CC12CC3CC(CC(C3)C1)C2)c1ccccc1. The van der Waals surface area contributed by atoms with Crippen LogP contribution in [0.15, 0.2) is 30.3 Å². The van der Waals surface area contributed by atoms with Gasteiger partial charge in [-0.05, 0) is 67.3 Å². The monoisotopic (exact) mass is 397 g/mol. The maximum Gasteiger partial charge on any atom is 0.240 e. The Morgan fingerprint density at radius 3 is 2.03 bits per heavy atom. The summed E-state index contributed by atoms with van der Waals surface area (Å²) in [4.78, 5) is 36.5. The van der Waals surface area contributed by atoms with Crippen molar-refractivity contribution in [2.45, 2.75) is 64.3 Å². The lowest BCUT2D eigenvalue weighted by Gasteiger charge is -2.56. The van der Waals surface area contributed by atoms with E-state index >= 15 is 0 Å². The Morgan fingerprint density at radius 2 is 1.48 bits per heavy atom. The summed E-state index contributed by atoms with van der Waals surface area (Å²) in [5.74, 6) is 1.79. The van der Waals surface area contributed by atoms with Gasteiger partial charge in [-0.3, -0.25) is 25.2 Å². The summed E-state index contributed by atoms with van der Waals surface area (Å²) < 4.78 is 0. The topological polar surface area (TPSA) is 87.3 Å². The summed E-state index contributed by atoms with van der Waals surface area (Å²) in [6.45, 7) is 1.43. The number of hydrogen-bond donors (Lipinski definition) is 3. The molecule has 6 heteroatoms. The van der Waals surface area contributed by atoms with E-state index in [1.807, 2.05) is 30.3 Å². The summed E-state index contributed by atoms with van der Waals surface area (Å²) in [6, 6.07) is 8.96. The largest absolute Gasteiger partial charge is 0.349 e. The molecule has 4 saturated carbocycles. The first-order valence-electron chi connectivity index (χ1n) is 10.8. The second-order valence-electron chi connectivity index (χ2n) is 9.56. The van der Waals surface area contributed by atoms with E-state index in [9.17, 15) is 14.4 Å². The Kier molecular flexibility index (Phi) is 5.61. The van der Waals surface area contributed by atoms with E-state index in [2.05, 4.69) is 16.2 Å². The Balaban J connectivity index is 1.28. The zero-order valence-corrected chi connectivity index (χ0v) is 17.1. The molecule has 0 unspecified atom stereocenters. The second kappa shape index (κ2) is 8.17. The van der Waals surface area contributed by atoms with Crippen molar-refractivity contribution in [2.75, 3.05) is 0 Å². The third-order valence-corrected chi connectivity index (χ3v) is 7.01. The molecule has 0 radical (unpaired) electrons. The first-order chi connectivity index (χ1) is 13.9. The van der Waals surface area contributed by atoms with E-state index < -0.39 is 6.04 Å². The molecule has 0 heterocycles. The van der Waals surface area contributed by atoms with E-state index in [0.717, 1.165) is 23.3 Å². The minimum atomic E-state index is -0.422. The van der Waals surface area contributed by atoms with Gasteiger partial charge in [0.15, 0.2) is 0 Å². The zero-order valence-electron chi connectivity index (χ0n) is 17.1. The van der Waals surface area contributed by atoms with E-state index in [4.69, 9.17) is 0 Å². The predicted octanol–water partition coefficient (Wildman–Crippen LogP) is 3.01. The third-order valence-electron chi connectivity index (χ3n) is 7.01. The highest BCUT2D eigenvalue weighted by Gasteiger charge is 2.51. The van der Waals surface area contributed by atoms with Crippen LogP contribution in [0, 0.1) is 23.2 Å². The van der Waals surface area contributed by atoms with Gasteiger partial charge in [0.1, 0.15) is 0 Å². The van der Waals surface area contributed by atoms with Crippen LogP contribution in [0.25, 0.3) is 0 Å². The second-order valence-corrected chi connectivity index (χ2v) is 9.56. The fourth-order valence-corrected chi connectivity index (χ4v) is 6.45. The molecule has 3 N–H and O–H groups in total. The Hall–Kier alpha value is -2.37. The first kappa shape index (κ1) is 19.9. The average Bonchev–Trinajstić information content (AvgIpc) is 2.65. The highest BCUT2D eigenvalue weighted by atomic mass is 16.2. The van der Waals surface area contributed by atoms with Crippen molar-refractivity contribution in [3.8, 4) is 0 Å². The smallest absolute Gasteiger partial charge is 0.240 e. The van der Waals surface area contributed by atoms with Crippen molar-refractivity contribution in [1.29, 1.82) is 0 Å². The first-order valence-corrected chi connectivity index (χ1v) is 10.8. The summed E-state index contributed by atoms with van der Waals surface area (Å²) >= 11 is 0. The maximum atomic E-state index is 12.6. The lowest BCUT2D eigenvalue weighted by molar-refractivity contribution is -0.134. The van der Waals surface area contributed by atoms with Gasteiger partial charge in [0.25, 0.3) is 0 Å². The number of amides is 3. The van der Waals surface area contributed by atoms with Crippen LogP contribution >= 0.6 is 0 Å².